The molecule has 3 aliphatic carbocycles. The summed E-state index contributed by atoms with van der Waals surface area (Å²) < 4.78 is 78.5. The summed E-state index contributed by atoms with van der Waals surface area (Å²) in [7, 11) is -8.24. The summed E-state index contributed by atoms with van der Waals surface area (Å²) >= 11 is 0. The van der Waals surface area contributed by atoms with E-state index < -0.39 is 52.6 Å². The molecule has 334 valence electrons. The second kappa shape index (κ2) is 18.9. The zero-order valence-corrected chi connectivity index (χ0v) is 45.1. The Balaban J connectivity index is 1.98. The van der Waals surface area contributed by atoms with E-state index in [-0.39, 0.29) is 39.7 Å². The first-order chi connectivity index (χ1) is 28.0. The molecule has 0 aromatic heterocycles. The van der Waals surface area contributed by atoms with E-state index >= 15 is 0 Å². The van der Waals surface area contributed by atoms with E-state index in [0.717, 1.165) is 57.8 Å². The summed E-state index contributed by atoms with van der Waals surface area (Å²) in [5.41, 5.74) is 0.796. The molecule has 0 spiro atoms. The number of fused-ring (bicyclic) bond motifs is 1. The first-order valence-electron chi connectivity index (χ1n) is 26.2. The minimum Gasteiger partial charge on any atom is -0.414 e. The molecule has 4 nitrogen and oxygen atoms in total. The van der Waals surface area contributed by atoms with Crippen LogP contribution >= 0.6 is 0 Å². The topological polar surface area (TPSA) is 36.9 Å². The van der Waals surface area contributed by atoms with E-state index in [2.05, 4.69) is 120 Å². The first kappa shape index (κ1) is 42.5. The molecule has 3 rings (SSSR count). The zero-order chi connectivity index (χ0) is 48.7. The largest absolute Gasteiger partial charge is 0.414 e. The predicted octanol–water partition coefficient (Wildman–Crippen LogP) is 16.2. The summed E-state index contributed by atoms with van der Waals surface area (Å²) in [6.07, 6.45) is 18.4. The zero-order valence-electron chi connectivity index (χ0n) is 47.1. The Morgan fingerprint density at radius 1 is 0.702 bits per heavy atom. The van der Waals surface area contributed by atoms with Gasteiger partial charge in [-0.25, -0.2) is 0 Å². The Morgan fingerprint density at radius 3 is 1.63 bits per heavy atom. The molecule has 0 amide bonds. The molecule has 0 aromatic rings. The molecule has 3 fully saturated rings. The van der Waals surface area contributed by atoms with Crippen LogP contribution in [0.15, 0.2) is 23.3 Å². The second-order valence-electron chi connectivity index (χ2n) is 24.9. The van der Waals surface area contributed by atoms with E-state index in [1.807, 2.05) is 19.6 Å². The van der Waals surface area contributed by atoms with Gasteiger partial charge in [-0.2, -0.15) is 0 Å². The van der Waals surface area contributed by atoms with Crippen molar-refractivity contribution in [3.05, 3.63) is 23.3 Å². The fourth-order valence-corrected chi connectivity index (χ4v) is 16.0. The summed E-state index contributed by atoms with van der Waals surface area (Å²) in [6, 6.07) is 0. The first-order valence-corrected chi connectivity index (χ1v) is 35.8. The highest BCUT2D eigenvalue weighted by Gasteiger charge is 2.51. The molecule has 8 heteroatoms. The van der Waals surface area contributed by atoms with Gasteiger partial charge in [-0.1, -0.05) is 97.4 Å². The van der Waals surface area contributed by atoms with Crippen LogP contribution in [-0.4, -0.2) is 56.7 Å². The molecule has 0 saturated heterocycles. The van der Waals surface area contributed by atoms with Gasteiger partial charge in [0.15, 0.2) is 33.3 Å². The second-order valence-corrected chi connectivity index (χ2v) is 43.2. The van der Waals surface area contributed by atoms with Crippen molar-refractivity contribution in [3.8, 4) is 0 Å². The minimum atomic E-state index is -2.76. The molecule has 0 aliphatic heterocycles. The lowest BCUT2D eigenvalue weighted by atomic mass is 9.60. The highest BCUT2D eigenvalue weighted by molar-refractivity contribution is 6.74. The van der Waals surface area contributed by atoms with Crippen LogP contribution in [0.1, 0.15) is 174 Å². The van der Waals surface area contributed by atoms with Gasteiger partial charge < -0.3 is 17.7 Å². The molecule has 3 saturated carbocycles. The molecule has 3 aliphatic rings. The van der Waals surface area contributed by atoms with Crippen molar-refractivity contribution in [1.82, 2.24) is 0 Å². The lowest BCUT2D eigenvalue weighted by Gasteiger charge is -2.46. The molecule has 0 unspecified atom stereocenters. The Hall–Kier alpha value is 0.188. The van der Waals surface area contributed by atoms with Crippen LogP contribution in [0, 0.1) is 23.2 Å². The van der Waals surface area contributed by atoms with E-state index in [4.69, 9.17) is 25.9 Å². The minimum absolute atomic E-state index is 0.0108. The number of allylic oxidation sites excluding steroid dienone is 3. The van der Waals surface area contributed by atoms with E-state index in [9.17, 15) is 0 Å². The third-order valence-electron chi connectivity index (χ3n) is 14.7. The Morgan fingerprint density at radius 2 is 1.18 bits per heavy atom. The van der Waals surface area contributed by atoms with Crippen molar-refractivity contribution in [2.24, 2.45) is 23.2 Å². The average molecular weight is 870 g/mol. The standard InChI is InChI=1S/C49H98O4Si4/c1-45(2,3)56(18,19)50-41-35-38(36-42(37-41)51-57(20,21)46(4,5)6)28-29-40-27-24-34-49(11)43(30-31-44(40)49)39(25-22-32-47(7,8)52-54(12,13)14)26-23-33-48(9,10)53-55(15,16)17/h28-29,39,41-44H,22-27,30-37H2,1-21H3/b40-29+/t41-,42-,43-,44+,49-/m1/s1/i7D3,8D3/t39-,41-,42-,43-,44+,49-. The van der Waals surface area contributed by atoms with Crippen LogP contribution < -0.4 is 0 Å². The van der Waals surface area contributed by atoms with Crippen molar-refractivity contribution >= 4 is 33.3 Å². The lowest BCUT2D eigenvalue weighted by molar-refractivity contribution is 0.0587. The SMILES string of the molecule is [2H]C([2H])([2H])C(CCC[C@H](CCCC(C)(C)O[Si](C)(C)C)[C@H]1CC[C@H]2/C(=C/C=C3C[C@@H](O[Si](C)(C)C(C)(C)C)C[C@H](O[Si](C)(C)C(C)(C)C)C3)CCC[C@]12C)(O[Si](C)(C)C)C([2H])([2H])[2H]. The third kappa shape index (κ3) is 15.5. The Kier molecular flexibility index (Phi) is 14.1. The number of hydrogen-bond donors (Lipinski definition) is 0. The highest BCUT2D eigenvalue weighted by Crippen LogP contribution is 2.61. The van der Waals surface area contributed by atoms with Gasteiger partial charge >= 0.3 is 0 Å². The molecular weight excluding hydrogens is 765 g/mol. The fraction of sp³-hybridized carbons (Fsp3) is 0.918. The molecular formula is C49H98O4Si4. The van der Waals surface area contributed by atoms with Crippen molar-refractivity contribution in [2.45, 2.75) is 265 Å². The Labute approximate surface area is 369 Å². The van der Waals surface area contributed by atoms with Gasteiger partial charge in [0.25, 0.3) is 0 Å². The molecule has 6 atom stereocenters. The van der Waals surface area contributed by atoms with E-state index in [0.29, 0.717) is 24.2 Å². The molecule has 57 heavy (non-hydrogen) atoms. The van der Waals surface area contributed by atoms with E-state index in [1.165, 1.54) is 24.8 Å². The van der Waals surface area contributed by atoms with Crippen LogP contribution in [0.2, 0.25) is 75.5 Å². The summed E-state index contributed by atoms with van der Waals surface area (Å²) in [5, 5.41) is 0.284. The van der Waals surface area contributed by atoms with Gasteiger partial charge in [0.1, 0.15) is 0 Å². The third-order valence-corrected chi connectivity index (χ3v) is 25.9. The van der Waals surface area contributed by atoms with Gasteiger partial charge in [-0.15, -0.1) is 0 Å². The lowest BCUT2D eigenvalue weighted by Crippen LogP contribution is -2.48. The summed E-state index contributed by atoms with van der Waals surface area (Å²) in [6.45, 7) is 37.4. The smallest absolute Gasteiger partial charge is 0.192 e. The number of rotatable bonds is 18. The maximum atomic E-state index is 8.55. The molecule has 0 N–H and O–H groups in total. The summed E-state index contributed by atoms with van der Waals surface area (Å²) in [4.78, 5) is 0. The normalized spacial score (nSPS) is 29.5. The van der Waals surface area contributed by atoms with Crippen LogP contribution in [0.25, 0.3) is 0 Å². The van der Waals surface area contributed by atoms with Crippen molar-refractivity contribution in [1.29, 1.82) is 0 Å². The maximum Gasteiger partial charge on any atom is 0.192 e. The molecule has 0 aromatic carbocycles. The van der Waals surface area contributed by atoms with Crippen molar-refractivity contribution in [2.75, 3.05) is 0 Å². The van der Waals surface area contributed by atoms with Gasteiger partial charge in [-0.3, -0.25) is 0 Å². The molecule has 0 radical (unpaired) electrons. The average Bonchev–Trinajstić information content (AvgIpc) is 3.39. The van der Waals surface area contributed by atoms with Gasteiger partial charge in [-0.05, 0) is 190 Å². The quantitative estimate of drug-likeness (QED) is 0.129. The maximum absolute atomic E-state index is 8.55. The summed E-state index contributed by atoms with van der Waals surface area (Å²) in [5.74, 6) is 1.34. The van der Waals surface area contributed by atoms with Crippen LogP contribution in [-0.2, 0) is 17.7 Å². The molecule has 0 heterocycles. The molecule has 0 bridgehead atoms. The van der Waals surface area contributed by atoms with E-state index in [1.54, 1.807) is 5.57 Å². The monoisotopic (exact) mass is 869 g/mol. The van der Waals surface area contributed by atoms with Crippen molar-refractivity contribution < 1.29 is 25.9 Å². The van der Waals surface area contributed by atoms with Crippen LogP contribution in [0.4, 0.5) is 0 Å². The van der Waals surface area contributed by atoms with Crippen LogP contribution in [0.3, 0.4) is 0 Å². The number of hydrogen-bond acceptors (Lipinski definition) is 4. The fourth-order valence-electron chi connectivity index (χ4n) is 10.3. The Bertz CT molecular complexity index is 1510. The van der Waals surface area contributed by atoms with Crippen molar-refractivity contribution in [3.63, 3.8) is 0 Å². The van der Waals surface area contributed by atoms with Crippen LogP contribution in [0.5, 0.6) is 0 Å². The van der Waals surface area contributed by atoms with Gasteiger partial charge in [0.05, 0.1) is 23.4 Å². The van der Waals surface area contributed by atoms with Gasteiger partial charge in [0.2, 0.25) is 0 Å². The highest BCUT2D eigenvalue weighted by atomic mass is 28.4. The van der Waals surface area contributed by atoms with Gasteiger partial charge in [0, 0.05) is 8.22 Å². The predicted molar refractivity (Wildman–Crippen MR) is 261 cm³/mol.